The molecule has 0 fully saturated rings. The molecule has 94 valence electrons. The van der Waals surface area contributed by atoms with Gasteiger partial charge in [-0.3, -0.25) is 9.59 Å². The van der Waals surface area contributed by atoms with Crippen molar-refractivity contribution >= 4 is 11.9 Å². The van der Waals surface area contributed by atoms with Gasteiger partial charge in [0.1, 0.15) is 5.60 Å². The van der Waals surface area contributed by atoms with Crippen molar-refractivity contribution in [2.24, 2.45) is 17.6 Å². The number of esters is 1. The zero-order valence-corrected chi connectivity index (χ0v) is 10.9. The molecule has 2 N–H and O–H groups in total. The number of amides is 1. The minimum absolute atomic E-state index is 0.247. The lowest BCUT2D eigenvalue weighted by Crippen LogP contribution is -2.31. The van der Waals surface area contributed by atoms with Crippen LogP contribution < -0.4 is 5.73 Å². The molecule has 0 rings (SSSR count). The predicted octanol–water partition coefficient (Wildman–Crippen LogP) is 1.87. The van der Waals surface area contributed by atoms with E-state index in [1.807, 2.05) is 27.7 Å². The van der Waals surface area contributed by atoms with Crippen molar-refractivity contribution in [2.45, 2.75) is 53.1 Å². The molecule has 0 heterocycles. The summed E-state index contributed by atoms with van der Waals surface area (Å²) in [5.41, 5.74) is 4.69. The van der Waals surface area contributed by atoms with Gasteiger partial charge in [0, 0.05) is 5.92 Å². The highest BCUT2D eigenvalue weighted by Crippen LogP contribution is 2.20. The number of hydrogen-bond donors (Lipinski definition) is 1. The number of rotatable bonds is 5. The van der Waals surface area contributed by atoms with Crippen molar-refractivity contribution in [3.63, 3.8) is 0 Å². The van der Waals surface area contributed by atoms with E-state index in [2.05, 4.69) is 0 Å². The second kappa shape index (κ2) is 5.87. The lowest BCUT2D eigenvalue weighted by atomic mass is 9.93. The number of carbonyl (C=O) groups is 2. The SMILES string of the molecule is CCC(CC(C)C(N)=O)C(=O)OC(C)(C)C. The van der Waals surface area contributed by atoms with E-state index in [-0.39, 0.29) is 23.7 Å². The lowest BCUT2D eigenvalue weighted by Gasteiger charge is -2.24. The molecule has 0 aliphatic carbocycles. The second-order valence-corrected chi connectivity index (χ2v) is 5.18. The molecule has 1 amide bonds. The van der Waals surface area contributed by atoms with Crippen LogP contribution in [0.15, 0.2) is 0 Å². The predicted molar refractivity (Wildman–Crippen MR) is 62.6 cm³/mol. The van der Waals surface area contributed by atoms with E-state index in [4.69, 9.17) is 10.5 Å². The highest BCUT2D eigenvalue weighted by atomic mass is 16.6. The topological polar surface area (TPSA) is 69.4 Å². The van der Waals surface area contributed by atoms with Gasteiger partial charge in [-0.15, -0.1) is 0 Å². The van der Waals surface area contributed by atoms with Crippen molar-refractivity contribution in [1.82, 2.24) is 0 Å². The van der Waals surface area contributed by atoms with Gasteiger partial charge in [0.15, 0.2) is 0 Å². The van der Waals surface area contributed by atoms with Crippen LogP contribution in [-0.2, 0) is 14.3 Å². The summed E-state index contributed by atoms with van der Waals surface area (Å²) in [5, 5.41) is 0. The fourth-order valence-electron chi connectivity index (χ4n) is 1.36. The smallest absolute Gasteiger partial charge is 0.309 e. The van der Waals surface area contributed by atoms with Crippen LogP contribution in [0.2, 0.25) is 0 Å². The van der Waals surface area contributed by atoms with Crippen LogP contribution >= 0.6 is 0 Å². The van der Waals surface area contributed by atoms with Crippen LogP contribution in [0.1, 0.15) is 47.5 Å². The molecule has 2 atom stereocenters. The molecule has 0 aliphatic rings. The maximum Gasteiger partial charge on any atom is 0.309 e. The molecule has 0 bridgehead atoms. The number of hydrogen-bond acceptors (Lipinski definition) is 3. The minimum atomic E-state index is -0.486. The van der Waals surface area contributed by atoms with Gasteiger partial charge in [-0.1, -0.05) is 13.8 Å². The molecule has 0 aromatic rings. The maximum atomic E-state index is 11.8. The van der Waals surface area contributed by atoms with Gasteiger partial charge < -0.3 is 10.5 Å². The third kappa shape index (κ3) is 5.73. The van der Waals surface area contributed by atoms with Gasteiger partial charge in [0.05, 0.1) is 5.92 Å². The Balaban J connectivity index is 4.39. The summed E-state index contributed by atoms with van der Waals surface area (Å²) in [4.78, 5) is 22.7. The highest BCUT2D eigenvalue weighted by molar-refractivity contribution is 5.78. The Morgan fingerprint density at radius 3 is 2.12 bits per heavy atom. The van der Waals surface area contributed by atoms with Crippen LogP contribution in [0.5, 0.6) is 0 Å². The fourth-order valence-corrected chi connectivity index (χ4v) is 1.36. The summed E-state index contributed by atoms with van der Waals surface area (Å²) in [6, 6.07) is 0. The van der Waals surface area contributed by atoms with E-state index < -0.39 is 5.60 Å². The van der Waals surface area contributed by atoms with Crippen molar-refractivity contribution in [2.75, 3.05) is 0 Å². The number of nitrogens with two attached hydrogens (primary N) is 1. The zero-order valence-electron chi connectivity index (χ0n) is 10.9. The summed E-state index contributed by atoms with van der Waals surface area (Å²) in [6.45, 7) is 9.12. The van der Waals surface area contributed by atoms with Gasteiger partial charge >= 0.3 is 5.97 Å². The molecule has 0 spiro atoms. The van der Waals surface area contributed by atoms with Crippen LogP contribution in [0, 0.1) is 11.8 Å². The van der Waals surface area contributed by atoms with Crippen LogP contribution in [0.4, 0.5) is 0 Å². The van der Waals surface area contributed by atoms with Gasteiger partial charge in [0.2, 0.25) is 5.91 Å². The van der Waals surface area contributed by atoms with Crippen LogP contribution in [0.25, 0.3) is 0 Å². The maximum absolute atomic E-state index is 11.8. The Labute approximate surface area is 97.5 Å². The first-order valence-corrected chi connectivity index (χ1v) is 5.69. The van der Waals surface area contributed by atoms with Crippen molar-refractivity contribution in [1.29, 1.82) is 0 Å². The third-order valence-corrected chi connectivity index (χ3v) is 2.36. The molecule has 0 aliphatic heterocycles. The first kappa shape index (κ1) is 14.9. The molecular weight excluding hydrogens is 206 g/mol. The summed E-state index contributed by atoms with van der Waals surface area (Å²) >= 11 is 0. The van der Waals surface area contributed by atoms with E-state index in [1.54, 1.807) is 6.92 Å². The standard InChI is InChI=1S/C12H23NO3/c1-6-9(7-8(2)10(13)14)11(15)16-12(3,4)5/h8-9H,6-7H2,1-5H3,(H2,13,14). The lowest BCUT2D eigenvalue weighted by molar-refractivity contribution is -0.160. The quantitative estimate of drug-likeness (QED) is 0.732. The first-order valence-electron chi connectivity index (χ1n) is 5.69. The molecule has 0 aromatic heterocycles. The Hall–Kier alpha value is -1.06. The molecule has 0 radical (unpaired) electrons. The van der Waals surface area contributed by atoms with E-state index in [1.165, 1.54) is 0 Å². The summed E-state index contributed by atoms with van der Waals surface area (Å²) in [6.07, 6.45) is 1.12. The van der Waals surface area contributed by atoms with Gasteiger partial charge in [-0.2, -0.15) is 0 Å². The van der Waals surface area contributed by atoms with E-state index >= 15 is 0 Å². The van der Waals surface area contributed by atoms with E-state index in [9.17, 15) is 9.59 Å². The Morgan fingerprint density at radius 1 is 1.31 bits per heavy atom. The minimum Gasteiger partial charge on any atom is -0.460 e. The molecule has 16 heavy (non-hydrogen) atoms. The molecule has 2 unspecified atom stereocenters. The normalized spacial score (nSPS) is 15.3. The third-order valence-electron chi connectivity index (χ3n) is 2.36. The van der Waals surface area contributed by atoms with Gasteiger partial charge in [0.25, 0.3) is 0 Å². The highest BCUT2D eigenvalue weighted by Gasteiger charge is 2.26. The fraction of sp³-hybridized carbons (Fsp3) is 0.833. The molecule has 0 saturated carbocycles. The second-order valence-electron chi connectivity index (χ2n) is 5.18. The zero-order chi connectivity index (χ0) is 12.9. The Morgan fingerprint density at radius 2 is 1.81 bits per heavy atom. The van der Waals surface area contributed by atoms with Crippen molar-refractivity contribution < 1.29 is 14.3 Å². The number of carbonyl (C=O) groups excluding carboxylic acids is 2. The summed E-state index contributed by atoms with van der Waals surface area (Å²) in [7, 11) is 0. The monoisotopic (exact) mass is 229 g/mol. The van der Waals surface area contributed by atoms with Crippen molar-refractivity contribution in [3.8, 4) is 0 Å². The molecule has 4 nitrogen and oxygen atoms in total. The molecular formula is C12H23NO3. The Kier molecular flexibility index (Phi) is 5.48. The number of ether oxygens (including phenoxy) is 1. The average molecular weight is 229 g/mol. The van der Waals surface area contributed by atoms with E-state index in [0.717, 1.165) is 0 Å². The Bertz CT molecular complexity index is 255. The molecule has 0 saturated heterocycles. The largest absolute Gasteiger partial charge is 0.460 e. The van der Waals surface area contributed by atoms with Gasteiger partial charge in [-0.05, 0) is 33.6 Å². The number of primary amides is 1. The average Bonchev–Trinajstić information content (AvgIpc) is 2.10. The van der Waals surface area contributed by atoms with Crippen LogP contribution in [0.3, 0.4) is 0 Å². The first-order chi connectivity index (χ1) is 7.17. The van der Waals surface area contributed by atoms with Gasteiger partial charge in [-0.25, -0.2) is 0 Å². The molecule has 0 aromatic carbocycles. The van der Waals surface area contributed by atoms with E-state index in [0.29, 0.717) is 12.8 Å². The summed E-state index contributed by atoms with van der Waals surface area (Å²) in [5.74, 6) is -1.16. The molecule has 4 heteroatoms. The van der Waals surface area contributed by atoms with Crippen LogP contribution in [-0.4, -0.2) is 17.5 Å². The summed E-state index contributed by atoms with van der Waals surface area (Å²) < 4.78 is 5.28. The van der Waals surface area contributed by atoms with Crippen molar-refractivity contribution in [3.05, 3.63) is 0 Å².